The smallest absolute Gasteiger partial charge is 0.0351 e. The van der Waals surface area contributed by atoms with E-state index in [1.165, 1.54) is 46.8 Å². The minimum atomic E-state index is 0.527. The molecule has 20 heavy (non-hydrogen) atoms. The van der Waals surface area contributed by atoms with Crippen molar-refractivity contribution in [2.75, 3.05) is 6.54 Å². The third kappa shape index (κ3) is 3.65. The van der Waals surface area contributed by atoms with Crippen LogP contribution in [0.2, 0.25) is 0 Å². The molecule has 1 fully saturated rings. The molecule has 1 atom stereocenters. The van der Waals surface area contributed by atoms with E-state index >= 15 is 0 Å². The summed E-state index contributed by atoms with van der Waals surface area (Å²) in [5.41, 5.74) is 4.26. The lowest BCUT2D eigenvalue weighted by molar-refractivity contribution is 0.232. The first kappa shape index (κ1) is 16.0. The van der Waals surface area contributed by atoms with E-state index in [2.05, 4.69) is 61.1 Å². The Balaban J connectivity index is 2.26. The zero-order chi connectivity index (χ0) is 14.7. The number of hydrogen-bond donors (Lipinski definition) is 1. The Morgan fingerprint density at radius 2 is 1.80 bits per heavy atom. The van der Waals surface area contributed by atoms with E-state index in [0.29, 0.717) is 6.04 Å². The van der Waals surface area contributed by atoms with Gasteiger partial charge in [-0.15, -0.1) is 0 Å². The molecule has 0 radical (unpaired) electrons. The van der Waals surface area contributed by atoms with Crippen molar-refractivity contribution in [3.8, 4) is 0 Å². The Morgan fingerprint density at radius 3 is 2.40 bits per heavy atom. The Bertz CT molecular complexity index is 447. The summed E-state index contributed by atoms with van der Waals surface area (Å²) in [5, 5.41) is 3.76. The van der Waals surface area contributed by atoms with Crippen LogP contribution in [0.5, 0.6) is 0 Å². The van der Waals surface area contributed by atoms with E-state index in [4.69, 9.17) is 0 Å². The molecule has 0 aromatic heterocycles. The predicted molar refractivity (Wildman–Crippen MR) is 91.2 cm³/mol. The van der Waals surface area contributed by atoms with Gasteiger partial charge in [0.15, 0.2) is 0 Å². The summed E-state index contributed by atoms with van der Waals surface area (Å²) in [7, 11) is 0. The lowest BCUT2D eigenvalue weighted by Gasteiger charge is -2.34. The number of nitrogens with one attached hydrogen (secondary N) is 1. The molecule has 0 bridgehead atoms. The third-order valence-corrected chi connectivity index (χ3v) is 5.69. The number of benzene rings is 1. The van der Waals surface area contributed by atoms with Gasteiger partial charge in [0.1, 0.15) is 0 Å². The largest absolute Gasteiger partial charge is 0.310 e. The van der Waals surface area contributed by atoms with Gasteiger partial charge in [-0.05, 0) is 67.8 Å². The first-order valence-corrected chi connectivity index (χ1v) is 8.82. The second kappa shape index (κ2) is 7.09. The highest BCUT2D eigenvalue weighted by molar-refractivity contribution is 9.10. The lowest BCUT2D eigenvalue weighted by Crippen LogP contribution is -2.31. The van der Waals surface area contributed by atoms with Crippen LogP contribution in [0.4, 0.5) is 0 Å². The Labute approximate surface area is 132 Å². The standard InChI is InChI=1S/C18H28BrN/c1-5-20-18(15-8-6-12(2)7-9-15)16-10-14(4)17(19)11-13(16)3/h10-12,15,18,20H,5-9H2,1-4H3. The molecule has 1 aromatic carbocycles. The highest BCUT2D eigenvalue weighted by Gasteiger charge is 2.27. The fourth-order valence-corrected chi connectivity index (χ4v) is 3.97. The lowest BCUT2D eigenvalue weighted by atomic mass is 9.76. The van der Waals surface area contributed by atoms with Gasteiger partial charge >= 0.3 is 0 Å². The average molecular weight is 338 g/mol. The molecule has 1 aliphatic carbocycles. The van der Waals surface area contributed by atoms with Crippen molar-refractivity contribution in [2.24, 2.45) is 11.8 Å². The van der Waals surface area contributed by atoms with Gasteiger partial charge in [-0.2, -0.15) is 0 Å². The molecule has 0 aliphatic heterocycles. The molecule has 1 N–H and O–H groups in total. The van der Waals surface area contributed by atoms with E-state index in [1.807, 2.05) is 0 Å². The zero-order valence-corrected chi connectivity index (χ0v) is 14.9. The minimum absolute atomic E-state index is 0.527. The molecular formula is C18H28BrN. The highest BCUT2D eigenvalue weighted by Crippen LogP contribution is 2.38. The molecule has 2 rings (SSSR count). The molecular weight excluding hydrogens is 310 g/mol. The van der Waals surface area contributed by atoms with Crippen molar-refractivity contribution in [1.29, 1.82) is 0 Å². The maximum absolute atomic E-state index is 3.76. The molecule has 112 valence electrons. The predicted octanol–water partition coefficient (Wildman–Crippen LogP) is 5.54. The maximum Gasteiger partial charge on any atom is 0.0351 e. The molecule has 0 spiro atoms. The maximum atomic E-state index is 3.76. The number of rotatable bonds is 4. The van der Waals surface area contributed by atoms with Gasteiger partial charge < -0.3 is 5.32 Å². The van der Waals surface area contributed by atoms with Gasteiger partial charge in [-0.25, -0.2) is 0 Å². The monoisotopic (exact) mass is 337 g/mol. The summed E-state index contributed by atoms with van der Waals surface area (Å²) >= 11 is 3.65. The van der Waals surface area contributed by atoms with E-state index < -0.39 is 0 Å². The van der Waals surface area contributed by atoms with E-state index in [-0.39, 0.29) is 0 Å². The van der Waals surface area contributed by atoms with E-state index in [0.717, 1.165) is 18.4 Å². The van der Waals surface area contributed by atoms with Gasteiger partial charge in [0.2, 0.25) is 0 Å². The molecule has 1 aliphatic rings. The second-order valence-electron chi connectivity index (χ2n) is 6.51. The molecule has 0 amide bonds. The molecule has 1 unspecified atom stereocenters. The van der Waals surface area contributed by atoms with Crippen molar-refractivity contribution in [3.05, 3.63) is 33.3 Å². The molecule has 1 nitrogen and oxygen atoms in total. The minimum Gasteiger partial charge on any atom is -0.310 e. The quantitative estimate of drug-likeness (QED) is 0.760. The summed E-state index contributed by atoms with van der Waals surface area (Å²) in [6, 6.07) is 5.19. The fourth-order valence-electron chi connectivity index (χ4n) is 3.51. The summed E-state index contributed by atoms with van der Waals surface area (Å²) in [6.07, 6.45) is 5.52. The summed E-state index contributed by atoms with van der Waals surface area (Å²) in [5.74, 6) is 1.71. The van der Waals surface area contributed by atoms with Crippen molar-refractivity contribution in [2.45, 2.75) is 59.4 Å². The van der Waals surface area contributed by atoms with Crippen molar-refractivity contribution < 1.29 is 0 Å². The fraction of sp³-hybridized carbons (Fsp3) is 0.667. The molecule has 1 saturated carbocycles. The van der Waals surface area contributed by atoms with Gasteiger partial charge in [-0.3, -0.25) is 0 Å². The van der Waals surface area contributed by atoms with Crippen LogP contribution in [-0.2, 0) is 0 Å². The van der Waals surface area contributed by atoms with Crippen LogP contribution >= 0.6 is 15.9 Å². The molecule has 0 saturated heterocycles. The van der Waals surface area contributed by atoms with Gasteiger partial charge in [0.05, 0.1) is 0 Å². The SMILES string of the molecule is CCNC(c1cc(C)c(Br)cc1C)C1CCC(C)CC1. The first-order chi connectivity index (χ1) is 9.52. The summed E-state index contributed by atoms with van der Waals surface area (Å²) in [6.45, 7) is 10.1. The van der Waals surface area contributed by atoms with Crippen LogP contribution < -0.4 is 5.32 Å². The second-order valence-corrected chi connectivity index (χ2v) is 7.37. The first-order valence-electron chi connectivity index (χ1n) is 8.03. The van der Waals surface area contributed by atoms with Gasteiger partial charge in [-0.1, -0.05) is 48.7 Å². The van der Waals surface area contributed by atoms with Crippen LogP contribution in [0.3, 0.4) is 0 Å². The third-order valence-electron chi connectivity index (χ3n) is 4.84. The van der Waals surface area contributed by atoms with E-state index in [9.17, 15) is 0 Å². The van der Waals surface area contributed by atoms with Gasteiger partial charge in [0.25, 0.3) is 0 Å². The van der Waals surface area contributed by atoms with Crippen molar-refractivity contribution in [3.63, 3.8) is 0 Å². The number of hydrogen-bond acceptors (Lipinski definition) is 1. The Morgan fingerprint density at radius 1 is 1.15 bits per heavy atom. The van der Waals surface area contributed by atoms with Crippen molar-refractivity contribution >= 4 is 15.9 Å². The average Bonchev–Trinajstić information content (AvgIpc) is 2.42. The zero-order valence-electron chi connectivity index (χ0n) is 13.3. The Kier molecular flexibility index (Phi) is 5.68. The highest BCUT2D eigenvalue weighted by atomic mass is 79.9. The number of aryl methyl sites for hydroxylation is 2. The van der Waals surface area contributed by atoms with Gasteiger partial charge in [0, 0.05) is 10.5 Å². The number of halogens is 1. The summed E-state index contributed by atoms with van der Waals surface area (Å²) < 4.78 is 1.23. The topological polar surface area (TPSA) is 12.0 Å². The molecule has 1 aromatic rings. The molecule has 2 heteroatoms. The van der Waals surface area contributed by atoms with Crippen LogP contribution in [0.25, 0.3) is 0 Å². The summed E-state index contributed by atoms with van der Waals surface area (Å²) in [4.78, 5) is 0. The van der Waals surface area contributed by atoms with E-state index in [1.54, 1.807) is 0 Å². The molecule has 0 heterocycles. The van der Waals surface area contributed by atoms with Crippen LogP contribution in [0.1, 0.15) is 62.3 Å². The van der Waals surface area contributed by atoms with Crippen LogP contribution in [0.15, 0.2) is 16.6 Å². The normalized spacial score (nSPS) is 24.6. The van der Waals surface area contributed by atoms with Crippen molar-refractivity contribution in [1.82, 2.24) is 5.32 Å². The Hall–Kier alpha value is -0.340. The van der Waals surface area contributed by atoms with Crippen LogP contribution in [0, 0.1) is 25.7 Å². The van der Waals surface area contributed by atoms with Crippen LogP contribution in [-0.4, -0.2) is 6.54 Å².